The molecule has 0 spiro atoms. The number of carbonyl (C=O) groups is 2. The molecular formula is C18H25N3O2. The van der Waals surface area contributed by atoms with E-state index >= 15 is 0 Å². The van der Waals surface area contributed by atoms with E-state index in [9.17, 15) is 9.59 Å². The first-order valence-corrected chi connectivity index (χ1v) is 8.19. The molecule has 0 aromatic heterocycles. The zero-order chi connectivity index (χ0) is 16.5. The van der Waals surface area contributed by atoms with Gasteiger partial charge in [0, 0.05) is 24.8 Å². The normalized spacial score (nSPS) is 13.9. The van der Waals surface area contributed by atoms with Gasteiger partial charge in [0.05, 0.1) is 6.54 Å². The summed E-state index contributed by atoms with van der Waals surface area (Å²) in [6, 6.07) is 7.11. The fourth-order valence-corrected chi connectivity index (χ4v) is 2.65. The second-order valence-electron chi connectivity index (χ2n) is 5.72. The fraction of sp³-hybridized carbons (Fsp3) is 0.444. The van der Waals surface area contributed by atoms with Crippen LogP contribution in [0.15, 0.2) is 35.9 Å². The number of hydrogen-bond donors (Lipinski definition) is 3. The van der Waals surface area contributed by atoms with Crippen molar-refractivity contribution in [2.24, 2.45) is 0 Å². The first-order chi connectivity index (χ1) is 11.2. The maximum Gasteiger partial charge on any atom is 0.251 e. The SMILES string of the molecule is CNC(=O)c1cccc(NCC(=O)NCCC2=CCCCC2)c1. The smallest absolute Gasteiger partial charge is 0.251 e. The van der Waals surface area contributed by atoms with Gasteiger partial charge in [-0.05, 0) is 50.3 Å². The van der Waals surface area contributed by atoms with Crippen LogP contribution >= 0.6 is 0 Å². The van der Waals surface area contributed by atoms with Crippen molar-refractivity contribution in [3.8, 4) is 0 Å². The quantitative estimate of drug-likeness (QED) is 0.677. The summed E-state index contributed by atoms with van der Waals surface area (Å²) in [6.07, 6.45) is 8.14. The zero-order valence-electron chi connectivity index (χ0n) is 13.7. The lowest BCUT2D eigenvalue weighted by Crippen LogP contribution is -2.30. The lowest BCUT2D eigenvalue weighted by molar-refractivity contribution is -0.119. The third-order valence-electron chi connectivity index (χ3n) is 3.96. The Bertz CT molecular complexity index is 581. The van der Waals surface area contributed by atoms with Gasteiger partial charge in [-0.1, -0.05) is 17.7 Å². The summed E-state index contributed by atoms with van der Waals surface area (Å²) >= 11 is 0. The number of rotatable bonds is 7. The molecule has 23 heavy (non-hydrogen) atoms. The highest BCUT2D eigenvalue weighted by Crippen LogP contribution is 2.19. The number of nitrogens with one attached hydrogen (secondary N) is 3. The highest BCUT2D eigenvalue weighted by atomic mass is 16.2. The van der Waals surface area contributed by atoms with Crippen LogP contribution in [0.2, 0.25) is 0 Å². The van der Waals surface area contributed by atoms with E-state index in [-0.39, 0.29) is 18.4 Å². The number of hydrogen-bond acceptors (Lipinski definition) is 3. The van der Waals surface area contributed by atoms with E-state index in [0.29, 0.717) is 12.1 Å². The Morgan fingerprint density at radius 3 is 2.83 bits per heavy atom. The van der Waals surface area contributed by atoms with Gasteiger partial charge in [-0.25, -0.2) is 0 Å². The lowest BCUT2D eigenvalue weighted by atomic mass is 9.97. The predicted octanol–water partition coefficient (Wildman–Crippen LogP) is 2.46. The van der Waals surface area contributed by atoms with Gasteiger partial charge in [-0.3, -0.25) is 9.59 Å². The van der Waals surface area contributed by atoms with Crippen LogP contribution in [0.4, 0.5) is 5.69 Å². The highest BCUT2D eigenvalue weighted by Gasteiger charge is 2.06. The van der Waals surface area contributed by atoms with Crippen LogP contribution in [0, 0.1) is 0 Å². The van der Waals surface area contributed by atoms with Crippen LogP contribution in [-0.2, 0) is 4.79 Å². The van der Waals surface area contributed by atoms with Crippen molar-refractivity contribution in [2.75, 3.05) is 25.5 Å². The molecule has 5 nitrogen and oxygen atoms in total. The first kappa shape index (κ1) is 17.1. The van der Waals surface area contributed by atoms with Gasteiger partial charge in [-0.15, -0.1) is 0 Å². The molecule has 0 bridgehead atoms. The van der Waals surface area contributed by atoms with Crippen molar-refractivity contribution in [1.29, 1.82) is 0 Å². The Hall–Kier alpha value is -2.30. The van der Waals surface area contributed by atoms with Crippen LogP contribution in [0.1, 0.15) is 42.5 Å². The molecule has 0 atom stereocenters. The maximum atomic E-state index is 11.9. The summed E-state index contributed by atoms with van der Waals surface area (Å²) in [5.74, 6) is -0.175. The molecule has 2 amide bonds. The molecule has 0 unspecified atom stereocenters. The molecule has 0 saturated carbocycles. The Morgan fingerprint density at radius 1 is 1.22 bits per heavy atom. The Morgan fingerprint density at radius 2 is 2.09 bits per heavy atom. The van der Waals surface area contributed by atoms with Gasteiger partial charge in [0.25, 0.3) is 5.91 Å². The van der Waals surface area contributed by atoms with E-state index in [1.807, 2.05) is 6.07 Å². The third kappa shape index (κ3) is 5.77. The Labute approximate surface area is 137 Å². The monoisotopic (exact) mass is 315 g/mol. The largest absolute Gasteiger partial charge is 0.376 e. The molecule has 0 fully saturated rings. The molecule has 1 aliphatic rings. The molecule has 1 aliphatic carbocycles. The first-order valence-electron chi connectivity index (χ1n) is 8.19. The molecular weight excluding hydrogens is 290 g/mol. The van der Waals surface area contributed by atoms with Crippen molar-refractivity contribution in [3.05, 3.63) is 41.5 Å². The summed E-state index contributed by atoms with van der Waals surface area (Å²) in [4.78, 5) is 23.4. The van der Waals surface area contributed by atoms with E-state index in [4.69, 9.17) is 0 Å². The summed E-state index contributed by atoms with van der Waals surface area (Å²) in [7, 11) is 1.59. The van der Waals surface area contributed by atoms with Crippen molar-refractivity contribution < 1.29 is 9.59 Å². The highest BCUT2D eigenvalue weighted by molar-refractivity contribution is 5.95. The van der Waals surface area contributed by atoms with Crippen LogP contribution in [0.3, 0.4) is 0 Å². The maximum absolute atomic E-state index is 11.9. The summed E-state index contributed by atoms with van der Waals surface area (Å²) in [5, 5.41) is 8.55. The van der Waals surface area contributed by atoms with E-state index in [1.165, 1.54) is 31.3 Å². The second-order valence-corrected chi connectivity index (χ2v) is 5.72. The van der Waals surface area contributed by atoms with Crippen molar-refractivity contribution in [2.45, 2.75) is 32.1 Å². The lowest BCUT2D eigenvalue weighted by Gasteiger charge is -2.13. The van der Waals surface area contributed by atoms with Crippen molar-refractivity contribution >= 4 is 17.5 Å². The van der Waals surface area contributed by atoms with E-state index in [2.05, 4.69) is 22.0 Å². The van der Waals surface area contributed by atoms with Gasteiger partial charge in [0.2, 0.25) is 5.91 Å². The average molecular weight is 315 g/mol. The minimum atomic E-state index is -0.140. The molecule has 2 rings (SSSR count). The number of allylic oxidation sites excluding steroid dienone is 1. The summed E-state index contributed by atoms with van der Waals surface area (Å²) in [5.41, 5.74) is 2.79. The van der Waals surface area contributed by atoms with Crippen LogP contribution in [-0.4, -0.2) is 32.0 Å². The van der Waals surface area contributed by atoms with Crippen molar-refractivity contribution in [1.82, 2.24) is 10.6 Å². The number of amides is 2. The van der Waals surface area contributed by atoms with Crippen LogP contribution in [0.5, 0.6) is 0 Å². The molecule has 124 valence electrons. The molecule has 0 radical (unpaired) electrons. The number of benzene rings is 1. The van der Waals surface area contributed by atoms with Gasteiger partial charge >= 0.3 is 0 Å². The average Bonchev–Trinajstić information content (AvgIpc) is 2.60. The summed E-state index contributed by atoms with van der Waals surface area (Å²) < 4.78 is 0. The minimum absolute atomic E-state index is 0.0354. The van der Waals surface area contributed by atoms with Gasteiger partial charge in [0.1, 0.15) is 0 Å². The van der Waals surface area contributed by atoms with Gasteiger partial charge in [0.15, 0.2) is 0 Å². The topological polar surface area (TPSA) is 70.2 Å². The molecule has 0 heterocycles. The molecule has 1 aromatic carbocycles. The number of anilines is 1. The molecule has 0 saturated heterocycles. The molecule has 5 heteroatoms. The predicted molar refractivity (Wildman–Crippen MR) is 92.5 cm³/mol. The molecule has 3 N–H and O–H groups in total. The summed E-state index contributed by atoms with van der Waals surface area (Å²) in [6.45, 7) is 0.890. The third-order valence-corrected chi connectivity index (χ3v) is 3.96. The molecule has 1 aromatic rings. The van der Waals surface area contributed by atoms with E-state index in [0.717, 1.165) is 12.1 Å². The number of carbonyl (C=O) groups excluding carboxylic acids is 2. The Kier molecular flexibility index (Phi) is 6.66. The second kappa shape index (κ2) is 8.98. The van der Waals surface area contributed by atoms with Crippen LogP contribution in [0.25, 0.3) is 0 Å². The van der Waals surface area contributed by atoms with E-state index < -0.39 is 0 Å². The molecule has 0 aliphatic heterocycles. The Balaban J connectivity index is 1.71. The van der Waals surface area contributed by atoms with Crippen LogP contribution < -0.4 is 16.0 Å². The zero-order valence-corrected chi connectivity index (χ0v) is 13.7. The van der Waals surface area contributed by atoms with E-state index in [1.54, 1.807) is 25.2 Å². The van der Waals surface area contributed by atoms with Gasteiger partial charge < -0.3 is 16.0 Å². The fourth-order valence-electron chi connectivity index (χ4n) is 2.65. The van der Waals surface area contributed by atoms with Gasteiger partial charge in [-0.2, -0.15) is 0 Å². The van der Waals surface area contributed by atoms with Crippen molar-refractivity contribution in [3.63, 3.8) is 0 Å². The minimum Gasteiger partial charge on any atom is -0.376 e. The standard InChI is InChI=1S/C18H25N3O2/c1-19-18(23)15-8-5-9-16(12-15)21-13-17(22)20-11-10-14-6-3-2-4-7-14/h5-6,8-9,12,21H,2-4,7,10-11,13H2,1H3,(H,19,23)(H,20,22).